The molecule has 0 bridgehead atoms. The fourth-order valence-corrected chi connectivity index (χ4v) is 3.47. The second-order valence-corrected chi connectivity index (χ2v) is 6.44. The van der Waals surface area contributed by atoms with E-state index < -0.39 is 0 Å². The molecule has 0 aromatic heterocycles. The summed E-state index contributed by atoms with van der Waals surface area (Å²) in [6.45, 7) is 2.76. The summed E-state index contributed by atoms with van der Waals surface area (Å²) in [5.41, 5.74) is 2.73. The van der Waals surface area contributed by atoms with Crippen LogP contribution in [0.2, 0.25) is 0 Å². The molecule has 2 aromatic rings. The van der Waals surface area contributed by atoms with E-state index in [4.69, 9.17) is 9.84 Å². The van der Waals surface area contributed by atoms with Crippen molar-refractivity contribution >= 4 is 0 Å². The standard InChI is InChI=1S/C21H27NO2/c23-15-16-24-20-11-9-19(10-12-20)21(22-13-5-2-6-14-22)17-18-7-3-1-4-8-18/h1,3-4,7-12,21,23H,2,5-6,13-17H2/t21-/m0/s1. The predicted molar refractivity (Wildman–Crippen MR) is 97.3 cm³/mol. The largest absolute Gasteiger partial charge is 0.491 e. The lowest BCUT2D eigenvalue weighted by Crippen LogP contribution is -2.34. The van der Waals surface area contributed by atoms with Gasteiger partial charge in [-0.25, -0.2) is 0 Å². The Morgan fingerprint density at radius 2 is 1.62 bits per heavy atom. The third-order valence-corrected chi connectivity index (χ3v) is 4.73. The van der Waals surface area contributed by atoms with Crippen LogP contribution in [-0.4, -0.2) is 36.3 Å². The van der Waals surface area contributed by atoms with E-state index in [0.29, 0.717) is 12.6 Å². The fraction of sp³-hybridized carbons (Fsp3) is 0.429. The molecule has 1 fully saturated rings. The number of ether oxygens (including phenoxy) is 1. The normalized spacial score (nSPS) is 16.7. The first-order valence-electron chi connectivity index (χ1n) is 8.98. The smallest absolute Gasteiger partial charge is 0.119 e. The SMILES string of the molecule is OCCOc1ccc([C@H](Cc2ccccc2)N2CCCCC2)cc1. The molecule has 1 aliphatic rings. The molecule has 3 rings (SSSR count). The van der Waals surface area contributed by atoms with Gasteiger partial charge in [0.1, 0.15) is 12.4 Å². The molecule has 0 unspecified atom stereocenters. The minimum atomic E-state index is 0.0478. The summed E-state index contributed by atoms with van der Waals surface area (Å²) in [6.07, 6.45) is 4.98. The summed E-state index contributed by atoms with van der Waals surface area (Å²) in [6, 6.07) is 19.6. The number of aliphatic hydroxyl groups is 1. The number of hydrogen-bond donors (Lipinski definition) is 1. The van der Waals surface area contributed by atoms with Gasteiger partial charge in [0.05, 0.1) is 6.61 Å². The van der Waals surface area contributed by atoms with Crippen molar-refractivity contribution in [2.75, 3.05) is 26.3 Å². The highest BCUT2D eigenvalue weighted by Crippen LogP contribution is 2.29. The molecule has 0 aliphatic carbocycles. The monoisotopic (exact) mass is 325 g/mol. The van der Waals surface area contributed by atoms with Crippen molar-refractivity contribution in [2.45, 2.75) is 31.7 Å². The molecular formula is C21H27NO2. The molecule has 1 atom stereocenters. The number of nitrogens with zero attached hydrogens (tertiary/aromatic N) is 1. The fourth-order valence-electron chi connectivity index (χ4n) is 3.47. The number of piperidine rings is 1. The molecule has 0 amide bonds. The van der Waals surface area contributed by atoms with E-state index in [1.807, 2.05) is 12.1 Å². The Bertz CT molecular complexity index is 591. The lowest BCUT2D eigenvalue weighted by molar-refractivity contribution is 0.162. The first kappa shape index (κ1) is 17.0. The second kappa shape index (κ2) is 8.86. The van der Waals surface area contributed by atoms with Gasteiger partial charge in [0, 0.05) is 6.04 Å². The first-order valence-corrected chi connectivity index (χ1v) is 8.98. The molecule has 1 saturated heterocycles. The van der Waals surface area contributed by atoms with Crippen LogP contribution in [-0.2, 0) is 6.42 Å². The van der Waals surface area contributed by atoms with E-state index in [9.17, 15) is 0 Å². The van der Waals surface area contributed by atoms with Crippen molar-refractivity contribution in [2.24, 2.45) is 0 Å². The summed E-state index contributed by atoms with van der Waals surface area (Å²) in [5, 5.41) is 8.87. The predicted octanol–water partition coefficient (Wildman–Crippen LogP) is 3.83. The van der Waals surface area contributed by atoms with Crippen LogP contribution in [0.25, 0.3) is 0 Å². The van der Waals surface area contributed by atoms with Gasteiger partial charge in [0.25, 0.3) is 0 Å². The van der Waals surface area contributed by atoms with Crippen molar-refractivity contribution < 1.29 is 9.84 Å². The van der Waals surface area contributed by atoms with Crippen molar-refractivity contribution in [1.29, 1.82) is 0 Å². The van der Waals surface area contributed by atoms with Crippen molar-refractivity contribution in [3.05, 3.63) is 65.7 Å². The van der Waals surface area contributed by atoms with Crippen molar-refractivity contribution in [3.8, 4) is 5.75 Å². The van der Waals surface area contributed by atoms with Crippen LogP contribution in [0.4, 0.5) is 0 Å². The summed E-state index contributed by atoms with van der Waals surface area (Å²) in [7, 11) is 0. The van der Waals surface area contributed by atoms with Crippen LogP contribution in [0.5, 0.6) is 5.75 Å². The van der Waals surface area contributed by atoms with Crippen LogP contribution >= 0.6 is 0 Å². The highest BCUT2D eigenvalue weighted by atomic mass is 16.5. The Balaban J connectivity index is 1.77. The molecule has 1 aliphatic heterocycles. The molecule has 128 valence electrons. The van der Waals surface area contributed by atoms with Gasteiger partial charge < -0.3 is 9.84 Å². The van der Waals surface area contributed by atoms with Gasteiger partial charge in [-0.3, -0.25) is 4.90 Å². The lowest BCUT2D eigenvalue weighted by atomic mass is 9.95. The van der Waals surface area contributed by atoms with E-state index >= 15 is 0 Å². The van der Waals surface area contributed by atoms with Crippen LogP contribution in [0, 0.1) is 0 Å². The number of aliphatic hydroxyl groups excluding tert-OH is 1. The zero-order valence-corrected chi connectivity index (χ0v) is 14.2. The topological polar surface area (TPSA) is 32.7 Å². The Hall–Kier alpha value is -1.84. The number of rotatable bonds is 7. The van der Waals surface area contributed by atoms with Crippen LogP contribution in [0.3, 0.4) is 0 Å². The van der Waals surface area contributed by atoms with Gasteiger partial charge in [-0.05, 0) is 55.6 Å². The Labute approximate surface area is 144 Å². The van der Waals surface area contributed by atoms with Gasteiger partial charge in [0.2, 0.25) is 0 Å². The zero-order valence-electron chi connectivity index (χ0n) is 14.2. The lowest BCUT2D eigenvalue weighted by Gasteiger charge is -2.35. The second-order valence-electron chi connectivity index (χ2n) is 6.44. The van der Waals surface area contributed by atoms with Crippen molar-refractivity contribution in [1.82, 2.24) is 4.90 Å². The van der Waals surface area contributed by atoms with Gasteiger partial charge in [-0.15, -0.1) is 0 Å². The Kier molecular flexibility index (Phi) is 6.27. The summed E-state index contributed by atoms with van der Waals surface area (Å²) in [5.74, 6) is 0.824. The van der Waals surface area contributed by atoms with Gasteiger partial charge >= 0.3 is 0 Å². The number of benzene rings is 2. The molecule has 24 heavy (non-hydrogen) atoms. The summed E-state index contributed by atoms with van der Waals surface area (Å²) >= 11 is 0. The minimum Gasteiger partial charge on any atom is -0.491 e. The van der Waals surface area contributed by atoms with Crippen LogP contribution in [0.1, 0.15) is 36.4 Å². The number of likely N-dealkylation sites (tertiary alicyclic amines) is 1. The molecule has 0 saturated carbocycles. The van der Waals surface area contributed by atoms with Crippen LogP contribution in [0.15, 0.2) is 54.6 Å². The summed E-state index contributed by atoms with van der Waals surface area (Å²) in [4.78, 5) is 2.63. The zero-order chi connectivity index (χ0) is 16.6. The highest BCUT2D eigenvalue weighted by Gasteiger charge is 2.22. The average Bonchev–Trinajstić information content (AvgIpc) is 2.66. The maximum Gasteiger partial charge on any atom is 0.119 e. The maximum absolute atomic E-state index is 8.87. The Morgan fingerprint density at radius 3 is 2.29 bits per heavy atom. The molecule has 1 heterocycles. The first-order chi connectivity index (χ1) is 11.9. The highest BCUT2D eigenvalue weighted by molar-refractivity contribution is 5.31. The summed E-state index contributed by atoms with van der Waals surface area (Å²) < 4.78 is 5.49. The third kappa shape index (κ3) is 4.59. The quantitative estimate of drug-likeness (QED) is 0.840. The molecule has 2 aromatic carbocycles. The molecular weight excluding hydrogens is 298 g/mol. The molecule has 3 heteroatoms. The number of hydrogen-bond acceptors (Lipinski definition) is 3. The van der Waals surface area contributed by atoms with E-state index in [1.165, 1.54) is 43.5 Å². The molecule has 0 spiro atoms. The maximum atomic E-state index is 8.87. The van der Waals surface area contributed by atoms with Crippen LogP contribution < -0.4 is 4.74 Å². The minimum absolute atomic E-state index is 0.0478. The van der Waals surface area contributed by atoms with Gasteiger partial charge in [-0.1, -0.05) is 48.9 Å². The molecule has 3 nitrogen and oxygen atoms in total. The molecule has 1 N–H and O–H groups in total. The van der Waals surface area contributed by atoms with Crippen molar-refractivity contribution in [3.63, 3.8) is 0 Å². The van der Waals surface area contributed by atoms with Gasteiger partial charge in [-0.2, -0.15) is 0 Å². The Morgan fingerprint density at radius 1 is 0.917 bits per heavy atom. The average molecular weight is 325 g/mol. The molecule has 0 radical (unpaired) electrons. The van der Waals surface area contributed by atoms with E-state index in [0.717, 1.165) is 12.2 Å². The van der Waals surface area contributed by atoms with E-state index in [1.54, 1.807) is 0 Å². The van der Waals surface area contributed by atoms with E-state index in [-0.39, 0.29) is 6.61 Å². The van der Waals surface area contributed by atoms with E-state index in [2.05, 4.69) is 47.4 Å². The third-order valence-electron chi connectivity index (χ3n) is 4.73. The van der Waals surface area contributed by atoms with Gasteiger partial charge in [0.15, 0.2) is 0 Å².